The lowest BCUT2D eigenvalue weighted by atomic mass is 10.1. The summed E-state index contributed by atoms with van der Waals surface area (Å²) in [7, 11) is 0. The Hall–Kier alpha value is -1.83. The van der Waals surface area contributed by atoms with Crippen molar-refractivity contribution in [3.8, 4) is 0 Å². The predicted molar refractivity (Wildman–Crippen MR) is 86.7 cm³/mol. The van der Waals surface area contributed by atoms with Crippen molar-refractivity contribution in [2.45, 2.75) is 57.1 Å². The number of allylic oxidation sites excluding steroid dienone is 1. The van der Waals surface area contributed by atoms with Crippen molar-refractivity contribution in [1.29, 1.82) is 0 Å². The summed E-state index contributed by atoms with van der Waals surface area (Å²) in [6, 6.07) is -0.506. The molecular weight excluding hydrogens is 302 g/mol. The minimum atomic E-state index is -0.506. The number of urea groups is 1. The average molecular weight is 325 g/mol. The van der Waals surface area contributed by atoms with Crippen LogP contribution in [0.2, 0.25) is 0 Å². The molecule has 0 aromatic carbocycles. The Balaban J connectivity index is 2.65. The standard InChI is InChI=1S/C14H23N5O2S/c1-7-8-19-10(3)17-18-13(19)22-9(2)11(20)15-12(21)16-14(4,5)6/h7,9H,1,8H2,2-6H3,(H2,15,16,20,21)/t9-/m1/s1. The van der Waals surface area contributed by atoms with Gasteiger partial charge in [-0.1, -0.05) is 17.8 Å². The molecule has 0 unspecified atom stereocenters. The van der Waals surface area contributed by atoms with Crippen molar-refractivity contribution < 1.29 is 9.59 Å². The molecule has 0 saturated heterocycles. The molecule has 0 fully saturated rings. The van der Waals surface area contributed by atoms with Gasteiger partial charge in [0.1, 0.15) is 5.82 Å². The molecule has 0 radical (unpaired) electrons. The van der Waals surface area contributed by atoms with Gasteiger partial charge >= 0.3 is 6.03 Å². The van der Waals surface area contributed by atoms with Crippen LogP contribution in [0.15, 0.2) is 17.8 Å². The van der Waals surface area contributed by atoms with E-state index < -0.39 is 16.8 Å². The zero-order valence-corrected chi connectivity index (χ0v) is 14.5. The number of nitrogens with zero attached hydrogens (tertiary/aromatic N) is 3. The fraction of sp³-hybridized carbons (Fsp3) is 0.571. The number of aromatic nitrogens is 3. The molecule has 1 rings (SSSR count). The Morgan fingerprint density at radius 3 is 2.59 bits per heavy atom. The highest BCUT2D eigenvalue weighted by molar-refractivity contribution is 8.00. The number of aryl methyl sites for hydroxylation is 1. The number of hydrogen-bond donors (Lipinski definition) is 2. The van der Waals surface area contributed by atoms with Crippen LogP contribution in [-0.2, 0) is 11.3 Å². The molecule has 1 aromatic heterocycles. The number of amides is 3. The lowest BCUT2D eigenvalue weighted by Gasteiger charge is -2.21. The van der Waals surface area contributed by atoms with Gasteiger partial charge in [0.15, 0.2) is 5.16 Å². The molecule has 1 atom stereocenters. The second-order valence-electron chi connectivity index (χ2n) is 5.88. The van der Waals surface area contributed by atoms with Crippen molar-refractivity contribution in [3.05, 3.63) is 18.5 Å². The van der Waals surface area contributed by atoms with Crippen LogP contribution in [0.5, 0.6) is 0 Å². The molecular formula is C14H23N5O2S. The number of hydrogen-bond acceptors (Lipinski definition) is 5. The predicted octanol–water partition coefficient (Wildman–Crippen LogP) is 1.88. The van der Waals surface area contributed by atoms with Crippen LogP contribution in [-0.4, -0.2) is 37.5 Å². The molecule has 0 spiro atoms. The van der Waals surface area contributed by atoms with Gasteiger partial charge in [0.2, 0.25) is 5.91 Å². The highest BCUT2D eigenvalue weighted by Gasteiger charge is 2.22. The minimum Gasteiger partial charge on any atom is -0.333 e. The van der Waals surface area contributed by atoms with E-state index in [1.165, 1.54) is 11.8 Å². The topological polar surface area (TPSA) is 88.9 Å². The van der Waals surface area contributed by atoms with E-state index in [-0.39, 0.29) is 5.91 Å². The molecule has 3 amide bonds. The van der Waals surface area contributed by atoms with E-state index >= 15 is 0 Å². The number of imide groups is 1. The number of carbonyl (C=O) groups excluding carboxylic acids is 2. The summed E-state index contributed by atoms with van der Waals surface area (Å²) in [5.41, 5.74) is -0.401. The van der Waals surface area contributed by atoms with Crippen LogP contribution in [0.25, 0.3) is 0 Å². The summed E-state index contributed by atoms with van der Waals surface area (Å²) in [6.45, 7) is 13.3. The second-order valence-corrected chi connectivity index (χ2v) is 7.19. The van der Waals surface area contributed by atoms with Gasteiger partial charge in [-0.15, -0.1) is 16.8 Å². The van der Waals surface area contributed by atoms with Gasteiger partial charge in [0, 0.05) is 12.1 Å². The minimum absolute atomic E-state index is 0.377. The summed E-state index contributed by atoms with van der Waals surface area (Å²) in [5, 5.41) is 13.2. The van der Waals surface area contributed by atoms with E-state index in [4.69, 9.17) is 0 Å². The molecule has 1 aromatic rings. The third-order valence-electron chi connectivity index (χ3n) is 2.59. The van der Waals surface area contributed by atoms with Gasteiger partial charge in [-0.25, -0.2) is 4.79 Å². The number of rotatable bonds is 5. The molecule has 2 N–H and O–H groups in total. The van der Waals surface area contributed by atoms with Crippen LogP contribution in [0.4, 0.5) is 4.79 Å². The van der Waals surface area contributed by atoms with Gasteiger partial charge in [0.25, 0.3) is 0 Å². The maximum Gasteiger partial charge on any atom is 0.321 e. The summed E-state index contributed by atoms with van der Waals surface area (Å²) >= 11 is 1.25. The van der Waals surface area contributed by atoms with Crippen LogP contribution in [0, 0.1) is 6.92 Å². The van der Waals surface area contributed by atoms with E-state index in [9.17, 15) is 9.59 Å². The van der Waals surface area contributed by atoms with Crippen molar-refractivity contribution in [2.75, 3.05) is 0 Å². The van der Waals surface area contributed by atoms with E-state index in [2.05, 4.69) is 27.4 Å². The molecule has 22 heavy (non-hydrogen) atoms. The average Bonchev–Trinajstić information content (AvgIpc) is 2.69. The van der Waals surface area contributed by atoms with Crippen molar-refractivity contribution in [1.82, 2.24) is 25.4 Å². The molecule has 122 valence electrons. The first-order chi connectivity index (χ1) is 10.1. The zero-order chi connectivity index (χ0) is 16.9. The molecule has 0 aliphatic heterocycles. The Morgan fingerprint density at radius 1 is 1.41 bits per heavy atom. The van der Waals surface area contributed by atoms with Gasteiger partial charge in [-0.2, -0.15) is 0 Å². The van der Waals surface area contributed by atoms with Crippen molar-refractivity contribution in [3.63, 3.8) is 0 Å². The summed E-state index contributed by atoms with van der Waals surface area (Å²) < 4.78 is 1.86. The summed E-state index contributed by atoms with van der Waals surface area (Å²) in [6.07, 6.45) is 1.74. The molecule has 0 bridgehead atoms. The fourth-order valence-corrected chi connectivity index (χ4v) is 2.49. The smallest absolute Gasteiger partial charge is 0.321 e. The SMILES string of the molecule is C=CCn1c(C)nnc1S[C@H](C)C(=O)NC(=O)NC(C)(C)C. The Morgan fingerprint density at radius 2 is 2.05 bits per heavy atom. The third-order valence-corrected chi connectivity index (χ3v) is 3.67. The van der Waals surface area contributed by atoms with Gasteiger partial charge in [0.05, 0.1) is 5.25 Å². The largest absolute Gasteiger partial charge is 0.333 e. The maximum atomic E-state index is 12.0. The van der Waals surface area contributed by atoms with Gasteiger partial charge in [-0.3, -0.25) is 10.1 Å². The quantitative estimate of drug-likeness (QED) is 0.637. The Bertz CT molecular complexity index is 562. The highest BCUT2D eigenvalue weighted by Crippen LogP contribution is 2.22. The molecule has 7 nitrogen and oxygen atoms in total. The number of nitrogens with one attached hydrogen (secondary N) is 2. The van der Waals surface area contributed by atoms with E-state index in [0.717, 1.165) is 5.82 Å². The number of carbonyl (C=O) groups is 2. The van der Waals surface area contributed by atoms with Crippen molar-refractivity contribution >= 4 is 23.7 Å². The normalized spacial score (nSPS) is 12.6. The number of thioether (sulfide) groups is 1. The monoisotopic (exact) mass is 325 g/mol. The first-order valence-electron chi connectivity index (χ1n) is 6.94. The van der Waals surface area contributed by atoms with Crippen LogP contribution >= 0.6 is 11.8 Å². The molecule has 0 aliphatic rings. The van der Waals surface area contributed by atoms with Crippen LogP contribution < -0.4 is 10.6 Å². The molecule has 0 saturated carbocycles. The zero-order valence-electron chi connectivity index (χ0n) is 13.6. The van der Waals surface area contributed by atoms with E-state index in [0.29, 0.717) is 11.7 Å². The lowest BCUT2D eigenvalue weighted by molar-refractivity contribution is -0.119. The maximum absolute atomic E-state index is 12.0. The fourth-order valence-electron chi connectivity index (χ4n) is 1.59. The van der Waals surface area contributed by atoms with E-state index in [1.54, 1.807) is 13.0 Å². The van der Waals surface area contributed by atoms with Crippen molar-refractivity contribution in [2.24, 2.45) is 0 Å². The molecule has 8 heteroatoms. The first-order valence-corrected chi connectivity index (χ1v) is 7.82. The van der Waals surface area contributed by atoms with Gasteiger partial charge < -0.3 is 9.88 Å². The second kappa shape index (κ2) is 7.44. The highest BCUT2D eigenvalue weighted by atomic mass is 32.2. The Kier molecular flexibility index (Phi) is 6.16. The first kappa shape index (κ1) is 18.2. The van der Waals surface area contributed by atoms with Gasteiger partial charge in [-0.05, 0) is 34.6 Å². The van der Waals surface area contributed by atoms with Crippen LogP contribution in [0.3, 0.4) is 0 Å². The summed E-state index contributed by atoms with van der Waals surface area (Å²) in [5.74, 6) is 0.373. The Labute approximate surface area is 134 Å². The van der Waals surface area contributed by atoms with Crippen LogP contribution in [0.1, 0.15) is 33.5 Å². The lowest BCUT2D eigenvalue weighted by Crippen LogP contribution is -2.49. The summed E-state index contributed by atoms with van der Waals surface area (Å²) in [4.78, 5) is 23.8. The molecule has 1 heterocycles. The third kappa shape index (κ3) is 5.51. The van der Waals surface area contributed by atoms with E-state index in [1.807, 2.05) is 32.3 Å². The molecule has 0 aliphatic carbocycles.